The van der Waals surface area contributed by atoms with Gasteiger partial charge in [-0.15, -0.1) is 0 Å². The second-order valence-corrected chi connectivity index (χ2v) is 6.34. The van der Waals surface area contributed by atoms with Crippen LogP contribution in [0.4, 0.5) is 0 Å². The Bertz CT molecular complexity index is 511. The first-order chi connectivity index (χ1) is 9.91. The second-order valence-electron chi connectivity index (χ2n) is 6.34. The van der Waals surface area contributed by atoms with Crippen LogP contribution in [-0.4, -0.2) is 23.2 Å². The number of fused-ring (bicyclic) bond motifs is 1. The summed E-state index contributed by atoms with van der Waals surface area (Å²) in [7, 11) is 0. The maximum Gasteiger partial charge on any atom is 0.258 e. The summed E-state index contributed by atoms with van der Waals surface area (Å²) < 4.78 is 5.55. The molecule has 4 heteroatoms. The van der Waals surface area contributed by atoms with Crippen molar-refractivity contribution in [3.63, 3.8) is 0 Å². The maximum atomic E-state index is 11.9. The predicted octanol–water partition coefficient (Wildman–Crippen LogP) is 2.74. The van der Waals surface area contributed by atoms with Crippen LogP contribution in [0.2, 0.25) is 0 Å². The molecule has 0 heterocycles. The Morgan fingerprint density at radius 2 is 2.24 bits per heavy atom. The van der Waals surface area contributed by atoms with Crippen LogP contribution < -0.4 is 10.1 Å². The SMILES string of the molecule is CCC(C)(C)NC(=O)COc1ccc2c(c1)[C@H](O)CCC2. The van der Waals surface area contributed by atoms with E-state index in [9.17, 15) is 9.90 Å². The predicted molar refractivity (Wildman–Crippen MR) is 82.3 cm³/mol. The van der Waals surface area contributed by atoms with E-state index >= 15 is 0 Å². The molecule has 0 fully saturated rings. The Labute approximate surface area is 126 Å². The third-order valence-corrected chi connectivity index (χ3v) is 4.13. The van der Waals surface area contributed by atoms with E-state index in [4.69, 9.17) is 4.74 Å². The highest BCUT2D eigenvalue weighted by atomic mass is 16.5. The molecule has 2 N–H and O–H groups in total. The van der Waals surface area contributed by atoms with Crippen LogP contribution in [0.3, 0.4) is 0 Å². The molecule has 0 radical (unpaired) electrons. The van der Waals surface area contributed by atoms with Gasteiger partial charge in [0.25, 0.3) is 5.91 Å². The molecule has 2 rings (SSSR count). The molecule has 0 saturated carbocycles. The number of aryl methyl sites for hydroxylation is 1. The molecule has 1 aliphatic rings. The lowest BCUT2D eigenvalue weighted by Gasteiger charge is -2.25. The number of carbonyl (C=O) groups is 1. The van der Waals surface area contributed by atoms with Gasteiger partial charge >= 0.3 is 0 Å². The highest BCUT2D eigenvalue weighted by Gasteiger charge is 2.20. The van der Waals surface area contributed by atoms with E-state index in [0.29, 0.717) is 5.75 Å². The van der Waals surface area contributed by atoms with Crippen molar-refractivity contribution in [2.45, 2.75) is 58.1 Å². The van der Waals surface area contributed by atoms with Gasteiger partial charge in [0.15, 0.2) is 6.61 Å². The largest absolute Gasteiger partial charge is 0.484 e. The molecule has 1 amide bonds. The zero-order chi connectivity index (χ0) is 15.5. The smallest absolute Gasteiger partial charge is 0.258 e. The zero-order valence-corrected chi connectivity index (χ0v) is 13.1. The minimum atomic E-state index is -0.412. The summed E-state index contributed by atoms with van der Waals surface area (Å²) in [6, 6.07) is 5.72. The Morgan fingerprint density at radius 1 is 1.48 bits per heavy atom. The molecule has 0 unspecified atom stereocenters. The van der Waals surface area contributed by atoms with Crippen LogP contribution in [0.1, 0.15) is 57.3 Å². The van der Waals surface area contributed by atoms with Gasteiger partial charge in [-0.2, -0.15) is 0 Å². The van der Waals surface area contributed by atoms with Crippen LogP contribution in [0.15, 0.2) is 18.2 Å². The summed E-state index contributed by atoms with van der Waals surface area (Å²) in [5, 5.41) is 12.9. The van der Waals surface area contributed by atoms with Crippen molar-refractivity contribution >= 4 is 5.91 Å². The normalized spacial score (nSPS) is 18.0. The fraction of sp³-hybridized carbons (Fsp3) is 0.588. The van der Waals surface area contributed by atoms with Gasteiger partial charge in [-0.3, -0.25) is 4.79 Å². The van der Waals surface area contributed by atoms with E-state index in [1.807, 2.05) is 39.0 Å². The Kier molecular flexibility index (Phi) is 4.88. The van der Waals surface area contributed by atoms with Gasteiger partial charge in [0.05, 0.1) is 6.10 Å². The Balaban J connectivity index is 1.95. The number of aliphatic hydroxyl groups excluding tert-OH is 1. The van der Waals surface area contributed by atoms with Crippen LogP contribution in [0.25, 0.3) is 0 Å². The number of carbonyl (C=O) groups excluding carboxylic acids is 1. The van der Waals surface area contributed by atoms with E-state index in [2.05, 4.69) is 5.32 Å². The third kappa shape index (κ3) is 4.21. The monoisotopic (exact) mass is 291 g/mol. The number of hydrogen-bond acceptors (Lipinski definition) is 3. The first kappa shape index (κ1) is 15.8. The topological polar surface area (TPSA) is 58.6 Å². The molecule has 1 aromatic carbocycles. The number of ether oxygens (including phenoxy) is 1. The number of benzene rings is 1. The number of nitrogens with one attached hydrogen (secondary N) is 1. The molecule has 0 aromatic heterocycles. The Hall–Kier alpha value is -1.55. The summed E-state index contributed by atoms with van der Waals surface area (Å²) in [5.41, 5.74) is 1.90. The summed E-state index contributed by atoms with van der Waals surface area (Å²) in [4.78, 5) is 11.9. The van der Waals surface area contributed by atoms with Crippen molar-refractivity contribution in [3.05, 3.63) is 29.3 Å². The van der Waals surface area contributed by atoms with E-state index in [1.54, 1.807) is 0 Å². The van der Waals surface area contributed by atoms with Crippen LogP contribution in [0.5, 0.6) is 5.75 Å². The average molecular weight is 291 g/mol. The number of amides is 1. The van der Waals surface area contributed by atoms with Gasteiger partial charge in [0.1, 0.15) is 5.75 Å². The molecule has 0 saturated heterocycles. The molecular weight excluding hydrogens is 266 g/mol. The first-order valence-electron chi connectivity index (χ1n) is 7.66. The van der Waals surface area contributed by atoms with Gasteiger partial charge in [-0.25, -0.2) is 0 Å². The molecule has 1 aliphatic carbocycles. The lowest BCUT2D eigenvalue weighted by atomic mass is 9.89. The minimum Gasteiger partial charge on any atom is -0.484 e. The Morgan fingerprint density at radius 3 is 2.95 bits per heavy atom. The van der Waals surface area contributed by atoms with Crippen molar-refractivity contribution in [1.29, 1.82) is 0 Å². The van der Waals surface area contributed by atoms with Gasteiger partial charge < -0.3 is 15.2 Å². The van der Waals surface area contributed by atoms with Crippen molar-refractivity contribution < 1.29 is 14.6 Å². The fourth-order valence-electron chi connectivity index (χ4n) is 2.49. The number of aliphatic hydroxyl groups is 1. The van der Waals surface area contributed by atoms with Gasteiger partial charge in [-0.05, 0) is 62.8 Å². The van der Waals surface area contributed by atoms with E-state index < -0.39 is 6.10 Å². The van der Waals surface area contributed by atoms with Crippen molar-refractivity contribution in [2.24, 2.45) is 0 Å². The minimum absolute atomic E-state index is 0.00167. The van der Waals surface area contributed by atoms with Crippen molar-refractivity contribution in [3.8, 4) is 5.75 Å². The first-order valence-corrected chi connectivity index (χ1v) is 7.66. The van der Waals surface area contributed by atoms with Gasteiger partial charge in [0.2, 0.25) is 0 Å². The van der Waals surface area contributed by atoms with E-state index in [0.717, 1.165) is 31.2 Å². The summed E-state index contributed by atoms with van der Waals surface area (Å²) in [5.74, 6) is 0.513. The summed E-state index contributed by atoms with van der Waals surface area (Å²) in [6.45, 7) is 6.00. The average Bonchev–Trinajstić information content (AvgIpc) is 2.45. The second kappa shape index (κ2) is 6.48. The molecule has 0 aliphatic heterocycles. The molecule has 21 heavy (non-hydrogen) atoms. The number of rotatable bonds is 5. The lowest BCUT2D eigenvalue weighted by Crippen LogP contribution is -2.44. The lowest BCUT2D eigenvalue weighted by molar-refractivity contribution is -0.124. The molecule has 1 atom stereocenters. The quantitative estimate of drug-likeness (QED) is 0.877. The molecule has 4 nitrogen and oxygen atoms in total. The molecule has 1 aromatic rings. The summed E-state index contributed by atoms with van der Waals surface area (Å²) in [6.07, 6.45) is 3.26. The van der Waals surface area contributed by atoms with Crippen LogP contribution in [0, 0.1) is 0 Å². The highest BCUT2D eigenvalue weighted by Crippen LogP contribution is 2.32. The number of hydrogen-bond donors (Lipinski definition) is 2. The van der Waals surface area contributed by atoms with E-state index in [-0.39, 0.29) is 18.1 Å². The highest BCUT2D eigenvalue weighted by molar-refractivity contribution is 5.78. The van der Waals surface area contributed by atoms with Gasteiger partial charge in [-0.1, -0.05) is 13.0 Å². The third-order valence-electron chi connectivity index (χ3n) is 4.13. The van der Waals surface area contributed by atoms with Crippen molar-refractivity contribution in [1.82, 2.24) is 5.32 Å². The van der Waals surface area contributed by atoms with Gasteiger partial charge in [0, 0.05) is 5.54 Å². The summed E-state index contributed by atoms with van der Waals surface area (Å²) >= 11 is 0. The zero-order valence-electron chi connectivity index (χ0n) is 13.1. The van der Waals surface area contributed by atoms with E-state index in [1.165, 1.54) is 5.56 Å². The molecular formula is C17H25NO3. The van der Waals surface area contributed by atoms with Crippen LogP contribution in [-0.2, 0) is 11.2 Å². The molecule has 0 spiro atoms. The maximum absolute atomic E-state index is 11.9. The van der Waals surface area contributed by atoms with Crippen molar-refractivity contribution in [2.75, 3.05) is 6.61 Å². The molecule has 0 bridgehead atoms. The molecule has 116 valence electrons. The standard InChI is InChI=1S/C17H25NO3/c1-4-17(2,3)18-16(20)11-21-13-9-8-12-6-5-7-15(19)14(12)10-13/h8-10,15,19H,4-7,11H2,1-3H3,(H,18,20)/t15-/m1/s1. The van der Waals surface area contributed by atoms with Crippen LogP contribution >= 0.6 is 0 Å². The fourth-order valence-corrected chi connectivity index (χ4v) is 2.49.